The Morgan fingerprint density at radius 1 is 1.06 bits per heavy atom. The van der Waals surface area contributed by atoms with Gasteiger partial charge in [0.15, 0.2) is 17.6 Å². The molecule has 32 heavy (non-hydrogen) atoms. The van der Waals surface area contributed by atoms with Crippen LogP contribution in [0.4, 0.5) is 5.69 Å². The van der Waals surface area contributed by atoms with Gasteiger partial charge in [0.05, 0.1) is 31.0 Å². The molecular weight excluding hydrogens is 408 g/mol. The number of nitriles is 1. The van der Waals surface area contributed by atoms with E-state index >= 15 is 0 Å². The van der Waals surface area contributed by atoms with Gasteiger partial charge in [-0.25, -0.2) is 0 Å². The van der Waals surface area contributed by atoms with Crippen LogP contribution < -0.4 is 19.5 Å². The predicted octanol–water partition coefficient (Wildman–Crippen LogP) is 5.27. The molecule has 0 fully saturated rings. The first kappa shape index (κ1) is 21.1. The van der Waals surface area contributed by atoms with E-state index in [1.54, 1.807) is 38.3 Å². The van der Waals surface area contributed by atoms with Gasteiger partial charge in [-0.1, -0.05) is 18.2 Å². The SMILES string of the molecule is CCOc1cc(C#N)ccc1OC(C)C(=O)Nc1cc2oc3ccccc3c2cc1OC. The summed E-state index contributed by atoms with van der Waals surface area (Å²) in [5, 5.41) is 13.8. The van der Waals surface area contributed by atoms with Crippen molar-refractivity contribution in [3.63, 3.8) is 0 Å². The number of benzene rings is 3. The van der Waals surface area contributed by atoms with Crippen LogP contribution in [-0.2, 0) is 4.79 Å². The number of methoxy groups -OCH3 is 1. The van der Waals surface area contributed by atoms with Crippen molar-refractivity contribution in [3.05, 3.63) is 60.2 Å². The van der Waals surface area contributed by atoms with Crippen molar-refractivity contribution in [1.82, 2.24) is 0 Å². The highest BCUT2D eigenvalue weighted by molar-refractivity contribution is 6.08. The number of para-hydroxylation sites is 1. The fourth-order valence-corrected chi connectivity index (χ4v) is 3.44. The zero-order valence-corrected chi connectivity index (χ0v) is 18.0. The summed E-state index contributed by atoms with van der Waals surface area (Å²) in [4.78, 5) is 12.9. The molecule has 0 aliphatic carbocycles. The third kappa shape index (κ3) is 4.03. The second-order valence-corrected chi connectivity index (χ2v) is 7.10. The summed E-state index contributed by atoms with van der Waals surface area (Å²) in [6.07, 6.45) is -0.835. The highest BCUT2D eigenvalue weighted by atomic mass is 16.5. The van der Waals surface area contributed by atoms with Crippen LogP contribution in [0.25, 0.3) is 21.9 Å². The third-order valence-corrected chi connectivity index (χ3v) is 5.00. The molecule has 0 spiro atoms. The molecule has 0 aliphatic heterocycles. The molecule has 1 unspecified atom stereocenters. The molecule has 0 saturated carbocycles. The number of hydrogen-bond acceptors (Lipinski definition) is 6. The standard InChI is InChI=1S/C25H22N2O5/c1-4-30-24-11-16(14-26)9-10-21(24)31-15(2)25(28)27-19-13-22-18(12-23(19)29-3)17-7-5-6-8-20(17)32-22/h5-13,15H,4H2,1-3H3,(H,27,28). The summed E-state index contributed by atoms with van der Waals surface area (Å²) in [6, 6.07) is 18.2. The molecule has 1 amide bonds. The van der Waals surface area contributed by atoms with Crippen molar-refractivity contribution in [2.45, 2.75) is 20.0 Å². The maximum Gasteiger partial charge on any atom is 0.265 e. The van der Waals surface area contributed by atoms with Gasteiger partial charge < -0.3 is 23.9 Å². The highest BCUT2D eigenvalue weighted by Gasteiger charge is 2.20. The van der Waals surface area contributed by atoms with Gasteiger partial charge in [-0.2, -0.15) is 5.26 Å². The summed E-state index contributed by atoms with van der Waals surface area (Å²) in [5.74, 6) is 0.934. The minimum Gasteiger partial charge on any atom is -0.495 e. The Labute approximate surface area is 185 Å². The molecule has 4 rings (SSSR count). The number of rotatable bonds is 7. The molecule has 1 atom stereocenters. The molecule has 0 bridgehead atoms. The van der Waals surface area contributed by atoms with E-state index in [0.29, 0.717) is 40.7 Å². The number of amides is 1. The summed E-state index contributed by atoms with van der Waals surface area (Å²) in [6.45, 7) is 3.87. The van der Waals surface area contributed by atoms with Crippen LogP contribution in [-0.4, -0.2) is 25.7 Å². The number of ether oxygens (including phenoxy) is 3. The molecule has 1 N–H and O–H groups in total. The zero-order chi connectivity index (χ0) is 22.7. The van der Waals surface area contributed by atoms with E-state index in [1.807, 2.05) is 37.3 Å². The van der Waals surface area contributed by atoms with Crippen molar-refractivity contribution in [2.75, 3.05) is 19.0 Å². The summed E-state index contributed by atoms with van der Waals surface area (Å²) in [5.41, 5.74) is 2.32. The van der Waals surface area contributed by atoms with Gasteiger partial charge in [0.1, 0.15) is 16.9 Å². The van der Waals surface area contributed by atoms with Crippen molar-refractivity contribution in [1.29, 1.82) is 5.26 Å². The predicted molar refractivity (Wildman–Crippen MR) is 121 cm³/mol. The number of nitrogens with zero attached hydrogens (tertiary/aromatic N) is 1. The van der Waals surface area contributed by atoms with E-state index in [2.05, 4.69) is 11.4 Å². The van der Waals surface area contributed by atoms with E-state index in [4.69, 9.17) is 23.9 Å². The molecule has 1 heterocycles. The number of hydrogen-bond donors (Lipinski definition) is 1. The number of fused-ring (bicyclic) bond motifs is 3. The molecule has 3 aromatic carbocycles. The number of nitrogens with one attached hydrogen (secondary N) is 1. The van der Waals surface area contributed by atoms with Crippen LogP contribution in [0.2, 0.25) is 0 Å². The number of carbonyl (C=O) groups is 1. The van der Waals surface area contributed by atoms with Crippen molar-refractivity contribution < 1.29 is 23.4 Å². The number of furan rings is 1. The van der Waals surface area contributed by atoms with E-state index in [9.17, 15) is 4.79 Å². The molecule has 162 valence electrons. The van der Waals surface area contributed by atoms with Crippen molar-refractivity contribution >= 4 is 33.5 Å². The lowest BCUT2D eigenvalue weighted by Crippen LogP contribution is -2.30. The molecule has 0 saturated heterocycles. The second kappa shape index (κ2) is 8.90. The third-order valence-electron chi connectivity index (χ3n) is 5.00. The maximum absolute atomic E-state index is 12.9. The van der Waals surface area contributed by atoms with Crippen LogP contribution in [0.15, 0.2) is 59.0 Å². The summed E-state index contributed by atoms with van der Waals surface area (Å²) in [7, 11) is 1.55. The minimum absolute atomic E-state index is 0.370. The molecule has 7 heteroatoms. The zero-order valence-electron chi connectivity index (χ0n) is 18.0. The number of carbonyl (C=O) groups excluding carboxylic acids is 1. The number of anilines is 1. The smallest absolute Gasteiger partial charge is 0.265 e. The largest absolute Gasteiger partial charge is 0.495 e. The molecule has 7 nitrogen and oxygen atoms in total. The molecular formula is C25H22N2O5. The van der Waals surface area contributed by atoms with Gasteiger partial charge in [0.2, 0.25) is 0 Å². The Morgan fingerprint density at radius 3 is 2.62 bits per heavy atom. The van der Waals surface area contributed by atoms with Gasteiger partial charge in [-0.05, 0) is 38.1 Å². The van der Waals surface area contributed by atoms with Gasteiger partial charge in [0, 0.05) is 22.9 Å². The van der Waals surface area contributed by atoms with Crippen LogP contribution in [0.1, 0.15) is 19.4 Å². The van der Waals surface area contributed by atoms with E-state index in [-0.39, 0.29) is 5.91 Å². The Balaban J connectivity index is 1.58. The second-order valence-electron chi connectivity index (χ2n) is 7.10. The van der Waals surface area contributed by atoms with E-state index in [0.717, 1.165) is 16.4 Å². The average Bonchev–Trinajstić information content (AvgIpc) is 3.17. The van der Waals surface area contributed by atoms with E-state index < -0.39 is 6.10 Å². The topological polar surface area (TPSA) is 93.7 Å². The lowest BCUT2D eigenvalue weighted by atomic mass is 10.1. The first-order valence-corrected chi connectivity index (χ1v) is 10.2. The first-order chi connectivity index (χ1) is 15.5. The van der Waals surface area contributed by atoms with Gasteiger partial charge >= 0.3 is 0 Å². The van der Waals surface area contributed by atoms with Crippen LogP contribution in [0, 0.1) is 11.3 Å². The van der Waals surface area contributed by atoms with Gasteiger partial charge in [0.25, 0.3) is 5.91 Å². The maximum atomic E-state index is 12.9. The molecule has 1 aromatic heterocycles. The van der Waals surface area contributed by atoms with Crippen LogP contribution in [0.5, 0.6) is 17.2 Å². The summed E-state index contributed by atoms with van der Waals surface area (Å²) >= 11 is 0. The lowest BCUT2D eigenvalue weighted by Gasteiger charge is -2.18. The van der Waals surface area contributed by atoms with Crippen molar-refractivity contribution in [2.24, 2.45) is 0 Å². The monoisotopic (exact) mass is 430 g/mol. The van der Waals surface area contributed by atoms with Gasteiger partial charge in [-0.3, -0.25) is 4.79 Å². The molecule has 0 radical (unpaired) electrons. The minimum atomic E-state index is -0.835. The Bertz CT molecular complexity index is 1340. The summed E-state index contributed by atoms with van der Waals surface area (Å²) < 4.78 is 22.8. The van der Waals surface area contributed by atoms with Crippen LogP contribution in [0.3, 0.4) is 0 Å². The first-order valence-electron chi connectivity index (χ1n) is 10.2. The highest BCUT2D eigenvalue weighted by Crippen LogP contribution is 2.36. The average molecular weight is 430 g/mol. The van der Waals surface area contributed by atoms with Crippen molar-refractivity contribution in [3.8, 4) is 23.3 Å². The molecule has 4 aromatic rings. The molecule has 0 aliphatic rings. The Hall–Kier alpha value is -4.18. The Morgan fingerprint density at radius 2 is 1.88 bits per heavy atom. The quantitative estimate of drug-likeness (QED) is 0.429. The van der Waals surface area contributed by atoms with Crippen LogP contribution >= 0.6 is 0 Å². The van der Waals surface area contributed by atoms with E-state index in [1.165, 1.54) is 0 Å². The van der Waals surface area contributed by atoms with Gasteiger partial charge in [-0.15, -0.1) is 0 Å². The Kier molecular flexibility index (Phi) is 5.86. The fraction of sp³-hybridized carbons (Fsp3) is 0.200. The fourth-order valence-electron chi connectivity index (χ4n) is 3.44. The lowest BCUT2D eigenvalue weighted by molar-refractivity contribution is -0.122. The normalized spacial score (nSPS) is 11.7.